The molecule has 96 valence electrons. The highest BCUT2D eigenvalue weighted by Crippen LogP contribution is 2.21. The first-order chi connectivity index (χ1) is 9.24. The van der Waals surface area contributed by atoms with Crippen molar-refractivity contribution in [1.29, 1.82) is 0 Å². The van der Waals surface area contributed by atoms with Gasteiger partial charge in [-0.3, -0.25) is 9.59 Å². The van der Waals surface area contributed by atoms with Gasteiger partial charge in [0.25, 0.3) is 11.5 Å². The summed E-state index contributed by atoms with van der Waals surface area (Å²) in [6, 6.07) is 11.4. The largest absolute Gasteiger partial charge is 0.348 e. The van der Waals surface area contributed by atoms with Gasteiger partial charge in [-0.05, 0) is 36.1 Å². The fraction of sp³-hybridized carbons (Fsp3) is 0.200. The molecule has 0 unspecified atom stereocenters. The zero-order chi connectivity index (χ0) is 13.2. The number of pyridine rings is 1. The van der Waals surface area contributed by atoms with Crippen LogP contribution in [-0.4, -0.2) is 16.9 Å². The molecule has 1 aromatic heterocycles. The van der Waals surface area contributed by atoms with E-state index in [0.717, 1.165) is 12.8 Å². The van der Waals surface area contributed by atoms with Crippen LogP contribution in [0.3, 0.4) is 0 Å². The van der Waals surface area contributed by atoms with Gasteiger partial charge in [0.15, 0.2) is 0 Å². The summed E-state index contributed by atoms with van der Waals surface area (Å²) in [5.41, 5.74) is 2.36. The van der Waals surface area contributed by atoms with Crippen molar-refractivity contribution in [3.05, 3.63) is 69.6 Å². The predicted octanol–water partition coefficient (Wildman–Crippen LogP) is 1.27. The number of amides is 1. The zero-order valence-corrected chi connectivity index (χ0v) is 10.3. The monoisotopic (exact) mass is 254 g/mol. The van der Waals surface area contributed by atoms with Crippen molar-refractivity contribution in [3.63, 3.8) is 0 Å². The summed E-state index contributed by atoms with van der Waals surface area (Å²) in [5, 5.41) is 2.92. The molecule has 19 heavy (non-hydrogen) atoms. The van der Waals surface area contributed by atoms with E-state index in [-0.39, 0.29) is 23.1 Å². The number of aromatic amines is 1. The maximum atomic E-state index is 12.0. The molecule has 0 aliphatic heterocycles. The third kappa shape index (κ3) is 2.29. The van der Waals surface area contributed by atoms with Crippen molar-refractivity contribution >= 4 is 5.91 Å². The Bertz CT molecular complexity index is 651. The van der Waals surface area contributed by atoms with E-state index in [4.69, 9.17) is 0 Å². The number of hydrogen-bond donors (Lipinski definition) is 2. The van der Waals surface area contributed by atoms with Crippen LogP contribution in [0, 0.1) is 0 Å². The Morgan fingerprint density at radius 2 is 1.79 bits per heavy atom. The average Bonchev–Trinajstić information content (AvgIpc) is 2.81. The van der Waals surface area contributed by atoms with Crippen molar-refractivity contribution in [2.45, 2.75) is 18.9 Å². The van der Waals surface area contributed by atoms with Crippen molar-refractivity contribution < 1.29 is 4.79 Å². The Morgan fingerprint density at radius 1 is 1.11 bits per heavy atom. The molecule has 4 nitrogen and oxygen atoms in total. The van der Waals surface area contributed by atoms with Gasteiger partial charge in [-0.15, -0.1) is 0 Å². The number of carbonyl (C=O) groups is 1. The van der Waals surface area contributed by atoms with Crippen LogP contribution in [0.5, 0.6) is 0 Å². The number of benzene rings is 1. The van der Waals surface area contributed by atoms with Crippen LogP contribution in [0.4, 0.5) is 0 Å². The third-order valence-corrected chi connectivity index (χ3v) is 3.45. The van der Waals surface area contributed by atoms with Gasteiger partial charge in [0.05, 0.1) is 0 Å². The Hall–Kier alpha value is -2.36. The van der Waals surface area contributed by atoms with Gasteiger partial charge in [0.2, 0.25) is 0 Å². The molecule has 3 rings (SSSR count). The van der Waals surface area contributed by atoms with E-state index in [1.807, 2.05) is 12.1 Å². The summed E-state index contributed by atoms with van der Waals surface area (Å²) >= 11 is 0. The fourth-order valence-corrected chi connectivity index (χ4v) is 2.52. The standard InChI is InChI=1S/C15H14N2O2/c18-14-13(6-3-7-16-14)15(19)17-12-8-10-4-1-2-5-11(10)9-12/h1-7,12H,8-9H2,(H,16,18)(H,17,19). The molecule has 1 aromatic carbocycles. The van der Waals surface area contributed by atoms with E-state index < -0.39 is 0 Å². The van der Waals surface area contributed by atoms with Gasteiger partial charge in [-0.2, -0.15) is 0 Å². The molecule has 2 aromatic rings. The number of hydrogen-bond acceptors (Lipinski definition) is 2. The second kappa shape index (κ2) is 4.72. The van der Waals surface area contributed by atoms with Crippen LogP contribution >= 0.6 is 0 Å². The molecule has 4 heteroatoms. The second-order valence-corrected chi connectivity index (χ2v) is 4.76. The van der Waals surface area contributed by atoms with Crippen molar-refractivity contribution in [3.8, 4) is 0 Å². The van der Waals surface area contributed by atoms with E-state index in [0.29, 0.717) is 0 Å². The Kier molecular flexibility index (Phi) is 2.91. The van der Waals surface area contributed by atoms with Crippen LogP contribution in [0.2, 0.25) is 0 Å². The van der Waals surface area contributed by atoms with Crippen LogP contribution in [0.1, 0.15) is 21.5 Å². The van der Waals surface area contributed by atoms with Crippen LogP contribution in [-0.2, 0) is 12.8 Å². The highest BCUT2D eigenvalue weighted by molar-refractivity contribution is 5.94. The summed E-state index contributed by atoms with van der Waals surface area (Å²) in [4.78, 5) is 26.1. The SMILES string of the molecule is O=C(NC1Cc2ccccc2C1)c1ccc[nH]c1=O. The van der Waals surface area contributed by atoms with E-state index in [1.54, 1.807) is 6.07 Å². The normalized spacial score (nSPS) is 14.1. The average molecular weight is 254 g/mol. The van der Waals surface area contributed by atoms with Gasteiger partial charge in [-0.25, -0.2) is 0 Å². The predicted molar refractivity (Wildman–Crippen MR) is 72.2 cm³/mol. The number of rotatable bonds is 2. The number of H-pyrrole nitrogens is 1. The highest BCUT2D eigenvalue weighted by Gasteiger charge is 2.23. The summed E-state index contributed by atoms with van der Waals surface area (Å²) in [6.07, 6.45) is 3.17. The number of nitrogens with one attached hydrogen (secondary N) is 2. The lowest BCUT2D eigenvalue weighted by Crippen LogP contribution is -2.37. The van der Waals surface area contributed by atoms with Gasteiger partial charge in [0, 0.05) is 12.2 Å². The number of carbonyl (C=O) groups excluding carboxylic acids is 1. The maximum absolute atomic E-state index is 12.0. The molecule has 0 spiro atoms. The van der Waals surface area contributed by atoms with Gasteiger partial charge in [-0.1, -0.05) is 24.3 Å². The van der Waals surface area contributed by atoms with Gasteiger partial charge >= 0.3 is 0 Å². The van der Waals surface area contributed by atoms with Crippen LogP contribution in [0.15, 0.2) is 47.4 Å². The molecule has 0 saturated heterocycles. The van der Waals surface area contributed by atoms with Gasteiger partial charge in [0.1, 0.15) is 5.56 Å². The highest BCUT2D eigenvalue weighted by atomic mass is 16.2. The van der Waals surface area contributed by atoms with Crippen LogP contribution < -0.4 is 10.9 Å². The van der Waals surface area contributed by atoms with E-state index in [1.165, 1.54) is 23.4 Å². The molecule has 0 bridgehead atoms. The van der Waals surface area contributed by atoms with E-state index >= 15 is 0 Å². The minimum absolute atomic E-state index is 0.0736. The van der Waals surface area contributed by atoms with Crippen molar-refractivity contribution in [2.75, 3.05) is 0 Å². The van der Waals surface area contributed by atoms with Crippen LogP contribution in [0.25, 0.3) is 0 Å². The minimum Gasteiger partial charge on any atom is -0.348 e. The summed E-state index contributed by atoms with van der Waals surface area (Å²) < 4.78 is 0. The lowest BCUT2D eigenvalue weighted by atomic mass is 10.1. The molecular formula is C15H14N2O2. The summed E-state index contributed by atoms with van der Waals surface area (Å²) in [7, 11) is 0. The first-order valence-electron chi connectivity index (χ1n) is 6.29. The number of aromatic nitrogens is 1. The Balaban J connectivity index is 1.73. The van der Waals surface area contributed by atoms with E-state index in [9.17, 15) is 9.59 Å². The Labute approximate surface area is 110 Å². The lowest BCUT2D eigenvalue weighted by molar-refractivity contribution is 0.0937. The van der Waals surface area contributed by atoms with E-state index in [2.05, 4.69) is 22.4 Å². The molecular weight excluding hydrogens is 240 g/mol. The summed E-state index contributed by atoms with van der Waals surface area (Å²) in [5.74, 6) is -0.306. The smallest absolute Gasteiger partial charge is 0.260 e. The molecule has 1 amide bonds. The summed E-state index contributed by atoms with van der Waals surface area (Å²) in [6.45, 7) is 0. The molecule has 2 N–H and O–H groups in total. The molecule has 0 saturated carbocycles. The first-order valence-corrected chi connectivity index (χ1v) is 6.29. The van der Waals surface area contributed by atoms with Crippen molar-refractivity contribution in [2.24, 2.45) is 0 Å². The molecule has 1 aliphatic rings. The molecule has 1 heterocycles. The zero-order valence-electron chi connectivity index (χ0n) is 10.3. The second-order valence-electron chi connectivity index (χ2n) is 4.76. The topological polar surface area (TPSA) is 62.0 Å². The van der Waals surface area contributed by atoms with Gasteiger partial charge < -0.3 is 10.3 Å². The first kappa shape index (κ1) is 11.7. The quantitative estimate of drug-likeness (QED) is 0.847. The third-order valence-electron chi connectivity index (χ3n) is 3.45. The molecule has 0 radical (unpaired) electrons. The Morgan fingerprint density at radius 3 is 2.42 bits per heavy atom. The molecule has 0 atom stereocenters. The fourth-order valence-electron chi connectivity index (χ4n) is 2.52. The minimum atomic E-state index is -0.351. The molecule has 0 fully saturated rings. The number of fused-ring (bicyclic) bond motifs is 1. The maximum Gasteiger partial charge on any atom is 0.260 e. The van der Waals surface area contributed by atoms with Crippen molar-refractivity contribution in [1.82, 2.24) is 10.3 Å². The lowest BCUT2D eigenvalue weighted by Gasteiger charge is -2.11. The molecule has 1 aliphatic carbocycles.